The van der Waals surface area contributed by atoms with Crippen LogP contribution in [0.2, 0.25) is 0 Å². The molecule has 1 N–H and O–H groups in total. The number of furan rings is 1. The van der Waals surface area contributed by atoms with Gasteiger partial charge in [0.05, 0.1) is 0 Å². The summed E-state index contributed by atoms with van der Waals surface area (Å²) in [6.07, 6.45) is 0.906. The Bertz CT molecular complexity index is 513. The molecule has 0 radical (unpaired) electrons. The fourth-order valence-electron chi connectivity index (χ4n) is 1.93. The largest absolute Gasteiger partial charge is 0.461 e. The van der Waals surface area contributed by atoms with Crippen molar-refractivity contribution in [3.05, 3.63) is 46.1 Å². The van der Waals surface area contributed by atoms with Crippen molar-refractivity contribution in [3.8, 4) is 11.3 Å². The maximum Gasteiger partial charge on any atom is 0.134 e. The predicted molar refractivity (Wildman–Crippen MR) is 78.8 cm³/mol. The summed E-state index contributed by atoms with van der Waals surface area (Å²) >= 11 is 3.52. The monoisotopic (exact) mass is 307 g/mol. The summed E-state index contributed by atoms with van der Waals surface area (Å²) in [5, 5.41) is 3.21. The highest BCUT2D eigenvalue weighted by molar-refractivity contribution is 9.10. The van der Waals surface area contributed by atoms with Gasteiger partial charge in [-0.15, -0.1) is 0 Å². The van der Waals surface area contributed by atoms with Crippen molar-refractivity contribution in [3.63, 3.8) is 0 Å². The molecule has 0 aliphatic carbocycles. The number of aryl methyl sites for hydroxylation is 1. The minimum absolute atomic E-state index is 0.424. The molecular formula is C15H18BrNO. The Kier molecular flexibility index (Phi) is 4.25. The maximum absolute atomic E-state index is 5.89. The van der Waals surface area contributed by atoms with Crippen LogP contribution < -0.4 is 5.32 Å². The van der Waals surface area contributed by atoms with Gasteiger partial charge in [-0.1, -0.05) is 15.9 Å². The zero-order chi connectivity index (χ0) is 13.1. The van der Waals surface area contributed by atoms with Crippen molar-refractivity contribution < 1.29 is 4.42 Å². The van der Waals surface area contributed by atoms with E-state index in [0.29, 0.717) is 6.04 Å². The van der Waals surface area contributed by atoms with Crippen LogP contribution >= 0.6 is 15.9 Å². The molecule has 0 saturated heterocycles. The van der Waals surface area contributed by atoms with Gasteiger partial charge in [0.15, 0.2) is 0 Å². The lowest BCUT2D eigenvalue weighted by Crippen LogP contribution is -2.23. The van der Waals surface area contributed by atoms with Crippen LogP contribution in [0, 0.1) is 6.92 Å². The fourth-order valence-corrected chi connectivity index (χ4v) is 2.53. The normalized spacial score (nSPS) is 12.7. The van der Waals surface area contributed by atoms with Crippen LogP contribution in [-0.4, -0.2) is 13.1 Å². The second-order valence-corrected chi connectivity index (χ2v) is 5.59. The quantitative estimate of drug-likeness (QED) is 0.917. The molecule has 1 unspecified atom stereocenters. The topological polar surface area (TPSA) is 25.2 Å². The lowest BCUT2D eigenvalue weighted by molar-refractivity contribution is 0.481. The number of nitrogens with one attached hydrogen (secondary N) is 1. The summed E-state index contributed by atoms with van der Waals surface area (Å²) in [6, 6.07) is 10.8. The molecule has 1 aromatic carbocycles. The van der Waals surface area contributed by atoms with E-state index in [-0.39, 0.29) is 0 Å². The van der Waals surface area contributed by atoms with Crippen molar-refractivity contribution in [1.82, 2.24) is 5.32 Å². The molecule has 0 aliphatic rings. The lowest BCUT2D eigenvalue weighted by Gasteiger charge is -2.07. The standard InChI is InChI=1S/C15H18BrNO/c1-10-6-12(9-13(16)7-10)15-5-4-14(18-15)8-11(2)17-3/h4-7,9,11,17H,8H2,1-3H3. The zero-order valence-electron chi connectivity index (χ0n) is 11.0. The molecule has 96 valence electrons. The highest BCUT2D eigenvalue weighted by Gasteiger charge is 2.08. The SMILES string of the molecule is CNC(C)Cc1ccc(-c2cc(C)cc(Br)c2)o1. The van der Waals surface area contributed by atoms with Gasteiger partial charge in [0.1, 0.15) is 11.5 Å². The Morgan fingerprint density at radius 2 is 2.06 bits per heavy atom. The van der Waals surface area contributed by atoms with Gasteiger partial charge in [-0.25, -0.2) is 0 Å². The van der Waals surface area contributed by atoms with Gasteiger partial charge in [-0.05, 0) is 56.8 Å². The Labute approximate surface area is 117 Å². The van der Waals surface area contributed by atoms with Crippen LogP contribution in [0.15, 0.2) is 39.2 Å². The Morgan fingerprint density at radius 3 is 2.72 bits per heavy atom. The van der Waals surface area contributed by atoms with Crippen LogP contribution in [0.3, 0.4) is 0 Å². The molecule has 0 saturated carbocycles. The van der Waals surface area contributed by atoms with E-state index in [2.05, 4.69) is 59.4 Å². The van der Waals surface area contributed by atoms with Crippen molar-refractivity contribution in [2.24, 2.45) is 0 Å². The molecule has 0 fully saturated rings. The minimum Gasteiger partial charge on any atom is -0.461 e. The molecule has 2 nitrogen and oxygen atoms in total. The van der Waals surface area contributed by atoms with Crippen LogP contribution in [-0.2, 0) is 6.42 Å². The summed E-state index contributed by atoms with van der Waals surface area (Å²) in [6.45, 7) is 4.23. The second-order valence-electron chi connectivity index (χ2n) is 4.68. The van der Waals surface area contributed by atoms with Crippen molar-refractivity contribution >= 4 is 15.9 Å². The van der Waals surface area contributed by atoms with Gasteiger partial charge in [0.2, 0.25) is 0 Å². The van der Waals surface area contributed by atoms with Gasteiger partial charge in [0.25, 0.3) is 0 Å². The first kappa shape index (κ1) is 13.4. The molecule has 1 heterocycles. The summed E-state index contributed by atoms with van der Waals surface area (Å²) < 4.78 is 6.97. The molecule has 0 amide bonds. The summed E-state index contributed by atoms with van der Waals surface area (Å²) in [5.41, 5.74) is 2.34. The summed E-state index contributed by atoms with van der Waals surface area (Å²) in [5.74, 6) is 1.95. The van der Waals surface area contributed by atoms with Crippen molar-refractivity contribution in [1.29, 1.82) is 0 Å². The molecule has 0 spiro atoms. The first-order chi connectivity index (χ1) is 8.58. The molecule has 0 aliphatic heterocycles. The highest BCUT2D eigenvalue weighted by Crippen LogP contribution is 2.27. The van der Waals surface area contributed by atoms with E-state index in [0.717, 1.165) is 28.0 Å². The summed E-state index contributed by atoms with van der Waals surface area (Å²) in [4.78, 5) is 0. The number of likely N-dealkylation sites (N-methyl/N-ethyl adjacent to an activating group) is 1. The Hall–Kier alpha value is -1.06. The van der Waals surface area contributed by atoms with E-state index in [9.17, 15) is 0 Å². The average Bonchev–Trinajstić information content (AvgIpc) is 2.76. The lowest BCUT2D eigenvalue weighted by atomic mass is 10.1. The third-order valence-electron chi connectivity index (χ3n) is 2.99. The van der Waals surface area contributed by atoms with Crippen LogP contribution in [0.1, 0.15) is 18.2 Å². The third kappa shape index (κ3) is 3.24. The van der Waals surface area contributed by atoms with Crippen molar-refractivity contribution in [2.45, 2.75) is 26.3 Å². The van der Waals surface area contributed by atoms with Gasteiger partial charge in [0, 0.05) is 22.5 Å². The maximum atomic E-state index is 5.89. The van der Waals surface area contributed by atoms with E-state index in [1.54, 1.807) is 0 Å². The molecule has 0 bridgehead atoms. The third-order valence-corrected chi connectivity index (χ3v) is 3.45. The zero-order valence-corrected chi connectivity index (χ0v) is 12.5. The van der Waals surface area contributed by atoms with Crippen molar-refractivity contribution in [2.75, 3.05) is 7.05 Å². The van der Waals surface area contributed by atoms with Gasteiger partial charge in [-0.2, -0.15) is 0 Å². The minimum atomic E-state index is 0.424. The van der Waals surface area contributed by atoms with Crippen LogP contribution in [0.4, 0.5) is 0 Å². The molecular weight excluding hydrogens is 290 g/mol. The van der Waals surface area contributed by atoms with E-state index >= 15 is 0 Å². The molecule has 1 aromatic heterocycles. The smallest absolute Gasteiger partial charge is 0.134 e. The Balaban J connectivity index is 2.23. The highest BCUT2D eigenvalue weighted by atomic mass is 79.9. The van der Waals surface area contributed by atoms with E-state index in [1.165, 1.54) is 5.56 Å². The second kappa shape index (κ2) is 5.72. The molecule has 1 atom stereocenters. The number of hydrogen-bond donors (Lipinski definition) is 1. The summed E-state index contributed by atoms with van der Waals surface area (Å²) in [7, 11) is 1.96. The van der Waals surface area contributed by atoms with Crippen LogP contribution in [0.5, 0.6) is 0 Å². The van der Waals surface area contributed by atoms with Gasteiger partial charge in [-0.3, -0.25) is 0 Å². The fraction of sp³-hybridized carbons (Fsp3) is 0.333. The predicted octanol–water partition coefficient (Wildman–Crippen LogP) is 4.17. The Morgan fingerprint density at radius 1 is 1.28 bits per heavy atom. The van der Waals surface area contributed by atoms with Gasteiger partial charge < -0.3 is 9.73 Å². The van der Waals surface area contributed by atoms with Gasteiger partial charge >= 0.3 is 0 Å². The number of hydrogen-bond acceptors (Lipinski definition) is 2. The molecule has 2 aromatic rings. The average molecular weight is 308 g/mol. The van der Waals surface area contributed by atoms with E-state index in [4.69, 9.17) is 4.42 Å². The number of benzene rings is 1. The van der Waals surface area contributed by atoms with Crippen LogP contribution in [0.25, 0.3) is 11.3 Å². The molecule has 3 heteroatoms. The first-order valence-corrected chi connectivity index (χ1v) is 6.91. The number of rotatable bonds is 4. The van der Waals surface area contributed by atoms with E-state index < -0.39 is 0 Å². The molecule has 2 rings (SSSR count). The number of halogens is 1. The first-order valence-electron chi connectivity index (χ1n) is 6.12. The van der Waals surface area contributed by atoms with E-state index in [1.807, 2.05) is 13.1 Å². The molecule has 18 heavy (non-hydrogen) atoms.